The van der Waals surface area contributed by atoms with E-state index in [1.54, 1.807) is 19.1 Å². The minimum atomic E-state index is -5.34. The molecular weight excluding hydrogens is 255 g/mol. The lowest BCUT2D eigenvalue weighted by molar-refractivity contribution is -0.0429. The molecule has 94 valence electrons. The van der Waals surface area contributed by atoms with E-state index >= 15 is 0 Å². The van der Waals surface area contributed by atoms with Crippen LogP contribution in [0.15, 0.2) is 30.3 Å². The number of benzene rings is 1. The predicted octanol–water partition coefficient (Wildman–Crippen LogP) is 2.98. The summed E-state index contributed by atoms with van der Waals surface area (Å²) in [5.74, 6) is 0. The quantitative estimate of drug-likeness (QED) is 0.913. The summed E-state index contributed by atoms with van der Waals surface area (Å²) in [6.45, 7) is 1.79. The number of halogens is 3. The van der Waals surface area contributed by atoms with Crippen LogP contribution in [0.2, 0.25) is 0 Å². The summed E-state index contributed by atoms with van der Waals surface area (Å²) in [7, 11) is -5.34. The Balaban J connectivity index is 2.91. The molecule has 7 heteroatoms. The molecule has 0 unspecified atom stereocenters. The summed E-state index contributed by atoms with van der Waals surface area (Å²) < 4.78 is 59.2. The number of anilines is 1. The molecule has 0 aliphatic carbocycles. The van der Waals surface area contributed by atoms with Gasteiger partial charge < -0.3 is 0 Å². The number of hydrogen-bond acceptors (Lipinski definition) is 2. The van der Waals surface area contributed by atoms with E-state index in [9.17, 15) is 21.6 Å². The van der Waals surface area contributed by atoms with Gasteiger partial charge in [0, 0.05) is 5.69 Å². The maximum atomic E-state index is 12.1. The van der Waals surface area contributed by atoms with Crippen LogP contribution in [0, 0.1) is 0 Å². The van der Waals surface area contributed by atoms with Crippen LogP contribution in [0.5, 0.6) is 0 Å². The molecular formula is C10H10F3NO2S. The molecule has 0 spiro atoms. The largest absolute Gasteiger partial charge is 0.516 e. The lowest BCUT2D eigenvalue weighted by atomic mass is 10.2. The number of hydrogen-bond donors (Lipinski definition) is 1. The second kappa shape index (κ2) is 4.79. The monoisotopic (exact) mass is 265 g/mol. The maximum absolute atomic E-state index is 12.1. The summed E-state index contributed by atoms with van der Waals surface area (Å²) in [6, 6.07) is 5.54. The summed E-state index contributed by atoms with van der Waals surface area (Å²) in [5.41, 5.74) is -4.67. The fourth-order valence-corrected chi connectivity index (χ4v) is 1.63. The van der Waals surface area contributed by atoms with Gasteiger partial charge >= 0.3 is 15.5 Å². The molecule has 1 aromatic carbocycles. The number of allylic oxidation sites excluding steroid dienone is 1. The molecule has 0 radical (unpaired) electrons. The molecule has 0 aliphatic heterocycles. The molecule has 0 bridgehead atoms. The van der Waals surface area contributed by atoms with Gasteiger partial charge in [0.2, 0.25) is 0 Å². The lowest BCUT2D eigenvalue weighted by Crippen LogP contribution is -2.29. The van der Waals surface area contributed by atoms with Gasteiger partial charge in [0.25, 0.3) is 0 Å². The van der Waals surface area contributed by atoms with Gasteiger partial charge in [-0.15, -0.1) is 0 Å². The van der Waals surface area contributed by atoms with Crippen molar-refractivity contribution in [3.05, 3.63) is 35.9 Å². The van der Waals surface area contributed by atoms with Gasteiger partial charge in [0.05, 0.1) is 0 Å². The zero-order valence-electron chi connectivity index (χ0n) is 8.82. The molecule has 17 heavy (non-hydrogen) atoms. The Morgan fingerprint density at radius 1 is 1.18 bits per heavy atom. The molecule has 0 atom stereocenters. The molecule has 0 saturated heterocycles. The topological polar surface area (TPSA) is 46.2 Å². The van der Waals surface area contributed by atoms with Gasteiger partial charge in [-0.1, -0.05) is 24.3 Å². The van der Waals surface area contributed by atoms with Gasteiger partial charge in [0.1, 0.15) is 0 Å². The van der Waals surface area contributed by atoms with Crippen molar-refractivity contribution < 1.29 is 21.6 Å². The van der Waals surface area contributed by atoms with Crippen molar-refractivity contribution >= 4 is 21.8 Å². The van der Waals surface area contributed by atoms with Gasteiger partial charge in [0.15, 0.2) is 0 Å². The zero-order chi connectivity index (χ0) is 13.1. The lowest BCUT2D eigenvalue weighted by Gasteiger charge is -2.10. The SMILES string of the molecule is C/C=C/c1ccc(NS(=O)(=O)C(F)(F)F)cc1. The van der Waals surface area contributed by atoms with Gasteiger partial charge in [-0.25, -0.2) is 0 Å². The van der Waals surface area contributed by atoms with Crippen molar-refractivity contribution in [1.82, 2.24) is 0 Å². The van der Waals surface area contributed by atoms with Gasteiger partial charge in [-0.05, 0) is 24.6 Å². The van der Waals surface area contributed by atoms with E-state index in [0.29, 0.717) is 0 Å². The highest BCUT2D eigenvalue weighted by Gasteiger charge is 2.45. The summed E-state index contributed by atoms with van der Waals surface area (Å²) >= 11 is 0. The van der Waals surface area contributed by atoms with E-state index in [1.807, 2.05) is 0 Å². The number of rotatable bonds is 3. The molecule has 0 saturated carbocycles. The Hall–Kier alpha value is -1.50. The van der Waals surface area contributed by atoms with Crippen molar-refractivity contribution in [2.24, 2.45) is 0 Å². The summed E-state index contributed by atoms with van der Waals surface area (Å²) in [6.07, 6.45) is 3.50. The van der Waals surface area contributed by atoms with Gasteiger partial charge in [-0.3, -0.25) is 4.72 Å². The Labute approximate surface area is 97.0 Å². The van der Waals surface area contributed by atoms with Crippen LogP contribution >= 0.6 is 0 Å². The first-order chi connectivity index (χ1) is 7.76. The highest BCUT2D eigenvalue weighted by molar-refractivity contribution is 7.93. The molecule has 0 aromatic heterocycles. The van der Waals surface area contributed by atoms with Crippen LogP contribution < -0.4 is 4.72 Å². The van der Waals surface area contributed by atoms with Crippen LogP contribution in [-0.4, -0.2) is 13.9 Å². The van der Waals surface area contributed by atoms with E-state index in [-0.39, 0.29) is 5.69 Å². The smallest absolute Gasteiger partial charge is 0.276 e. The Kier molecular flexibility index (Phi) is 3.82. The third-order valence-electron chi connectivity index (χ3n) is 1.83. The number of nitrogens with one attached hydrogen (secondary N) is 1. The molecule has 0 fully saturated rings. The van der Waals surface area contributed by atoms with E-state index in [0.717, 1.165) is 5.56 Å². The van der Waals surface area contributed by atoms with E-state index < -0.39 is 15.5 Å². The average Bonchev–Trinajstić information content (AvgIpc) is 2.19. The zero-order valence-corrected chi connectivity index (χ0v) is 9.64. The van der Waals surface area contributed by atoms with Crippen LogP contribution in [0.25, 0.3) is 6.08 Å². The van der Waals surface area contributed by atoms with Crippen LogP contribution in [-0.2, 0) is 10.0 Å². The number of sulfonamides is 1. The van der Waals surface area contributed by atoms with Crippen molar-refractivity contribution in [2.45, 2.75) is 12.4 Å². The molecule has 1 rings (SSSR count). The highest BCUT2D eigenvalue weighted by Crippen LogP contribution is 2.25. The normalized spacial score (nSPS) is 12.9. The summed E-state index contributed by atoms with van der Waals surface area (Å²) in [4.78, 5) is 0. The van der Waals surface area contributed by atoms with Crippen LogP contribution in [0.3, 0.4) is 0 Å². The average molecular weight is 265 g/mol. The Bertz CT molecular complexity index is 503. The third kappa shape index (κ3) is 3.48. The molecule has 0 amide bonds. The molecule has 3 nitrogen and oxygen atoms in total. The first kappa shape index (κ1) is 13.6. The molecule has 0 heterocycles. The fraction of sp³-hybridized carbons (Fsp3) is 0.200. The predicted molar refractivity (Wildman–Crippen MR) is 59.7 cm³/mol. The highest BCUT2D eigenvalue weighted by atomic mass is 32.2. The van der Waals surface area contributed by atoms with Crippen molar-refractivity contribution in [2.75, 3.05) is 4.72 Å². The standard InChI is InChI=1S/C10H10F3NO2S/c1-2-3-8-4-6-9(7-5-8)14-17(15,16)10(11,12)13/h2-7,14H,1H3/b3-2+. The maximum Gasteiger partial charge on any atom is 0.516 e. The molecule has 0 aliphatic rings. The second-order valence-electron chi connectivity index (χ2n) is 3.17. The number of alkyl halides is 3. The van der Waals surface area contributed by atoms with Gasteiger partial charge in [-0.2, -0.15) is 21.6 Å². The van der Waals surface area contributed by atoms with Crippen LogP contribution in [0.4, 0.5) is 18.9 Å². The fourth-order valence-electron chi connectivity index (χ4n) is 1.07. The van der Waals surface area contributed by atoms with Crippen molar-refractivity contribution in [1.29, 1.82) is 0 Å². The second-order valence-corrected chi connectivity index (χ2v) is 4.85. The van der Waals surface area contributed by atoms with Crippen molar-refractivity contribution in [3.63, 3.8) is 0 Å². The first-order valence-corrected chi connectivity index (χ1v) is 6.06. The molecule has 1 N–H and O–H groups in total. The first-order valence-electron chi connectivity index (χ1n) is 4.58. The Morgan fingerprint density at radius 3 is 2.12 bits per heavy atom. The van der Waals surface area contributed by atoms with E-state index in [2.05, 4.69) is 0 Å². The minimum Gasteiger partial charge on any atom is -0.276 e. The van der Waals surface area contributed by atoms with Crippen LogP contribution in [0.1, 0.15) is 12.5 Å². The minimum absolute atomic E-state index is 0.129. The third-order valence-corrected chi connectivity index (χ3v) is 2.94. The van der Waals surface area contributed by atoms with E-state index in [1.165, 1.54) is 29.0 Å². The summed E-state index contributed by atoms with van der Waals surface area (Å²) in [5, 5.41) is 0. The Morgan fingerprint density at radius 2 is 1.71 bits per heavy atom. The molecule has 1 aromatic rings. The van der Waals surface area contributed by atoms with E-state index in [4.69, 9.17) is 0 Å². The van der Waals surface area contributed by atoms with Crippen molar-refractivity contribution in [3.8, 4) is 0 Å².